The number of nitrogens with two attached hydrogens (primary N) is 1. The Morgan fingerprint density at radius 3 is 1.00 bits per heavy atom. The van der Waals surface area contributed by atoms with E-state index in [1.807, 2.05) is 0 Å². The van der Waals surface area contributed by atoms with Gasteiger partial charge in [0.05, 0.1) is 106 Å². The minimum atomic E-state index is 0.367. The highest BCUT2D eigenvalue weighted by atomic mass is 16.6. The number of hydrogen-bond acceptors (Lipinski definition) is 11. The van der Waals surface area contributed by atoms with Crippen LogP contribution in [0, 0.1) is 0 Å². The monoisotopic (exact) mass is 503 g/mol. The Kier molecular flexibility index (Phi) is 18.2. The van der Waals surface area contributed by atoms with Gasteiger partial charge in [0.15, 0.2) is 11.5 Å². The lowest BCUT2D eigenvalue weighted by Gasteiger charge is -2.14. The molecule has 202 valence electrons. The van der Waals surface area contributed by atoms with Crippen LogP contribution in [0.25, 0.3) is 0 Å². The number of fused-ring (bicyclic) bond motifs is 1. The van der Waals surface area contributed by atoms with Crippen LogP contribution in [0.2, 0.25) is 0 Å². The highest BCUT2D eigenvalue weighted by molar-refractivity contribution is 5.51. The van der Waals surface area contributed by atoms with Crippen molar-refractivity contribution in [1.82, 2.24) is 0 Å². The molecule has 1 aromatic carbocycles. The summed E-state index contributed by atoms with van der Waals surface area (Å²) in [7, 11) is 0. The number of rotatable bonds is 0. The fourth-order valence-electron chi connectivity index (χ4n) is 2.82. The quantitative estimate of drug-likeness (QED) is 0.514. The number of ether oxygens (including phenoxy) is 10. The molecule has 0 saturated heterocycles. The molecule has 1 aliphatic heterocycles. The van der Waals surface area contributed by atoms with Crippen LogP contribution in [0.3, 0.4) is 0 Å². The van der Waals surface area contributed by atoms with Crippen LogP contribution in [-0.4, -0.2) is 119 Å². The fourth-order valence-corrected chi connectivity index (χ4v) is 2.82. The van der Waals surface area contributed by atoms with Crippen molar-refractivity contribution in [3.63, 3.8) is 0 Å². The first kappa shape index (κ1) is 29.5. The summed E-state index contributed by atoms with van der Waals surface area (Å²) in [6.45, 7) is 8.65. The standard InChI is InChI=1S/C24H41NO10/c25-22-1-2-23-24(21-22)35-20-18-33-16-14-31-12-10-29-8-6-27-4-3-26-5-7-28-9-11-30-13-15-32-17-19-34-23/h1-2,21H,3-20,25H2. The van der Waals surface area contributed by atoms with Crippen molar-refractivity contribution >= 4 is 5.69 Å². The van der Waals surface area contributed by atoms with Crippen molar-refractivity contribution in [2.75, 3.05) is 125 Å². The summed E-state index contributed by atoms with van der Waals surface area (Å²) in [6.07, 6.45) is 0. The van der Waals surface area contributed by atoms with Crippen molar-refractivity contribution in [2.24, 2.45) is 0 Å². The molecule has 1 aliphatic rings. The molecule has 2 rings (SSSR count). The predicted molar refractivity (Wildman–Crippen MR) is 128 cm³/mol. The molecular formula is C24H41NO10. The highest BCUT2D eigenvalue weighted by Crippen LogP contribution is 2.29. The number of hydrogen-bond donors (Lipinski definition) is 1. The summed E-state index contributed by atoms with van der Waals surface area (Å²) in [4.78, 5) is 0. The van der Waals surface area contributed by atoms with E-state index in [1.54, 1.807) is 18.2 Å². The zero-order valence-corrected chi connectivity index (χ0v) is 20.6. The molecule has 0 unspecified atom stereocenters. The second-order valence-corrected chi connectivity index (χ2v) is 7.30. The summed E-state index contributed by atoms with van der Waals surface area (Å²) in [6, 6.07) is 5.28. The largest absolute Gasteiger partial charge is 0.487 e. The smallest absolute Gasteiger partial charge is 0.163 e. The van der Waals surface area contributed by atoms with Crippen LogP contribution in [-0.2, 0) is 37.9 Å². The lowest BCUT2D eigenvalue weighted by Crippen LogP contribution is -2.16. The molecular weight excluding hydrogens is 462 g/mol. The predicted octanol–water partition coefficient (Wildman–Crippen LogP) is 1.17. The molecule has 0 radical (unpaired) electrons. The van der Waals surface area contributed by atoms with E-state index in [0.717, 1.165) is 0 Å². The van der Waals surface area contributed by atoms with Gasteiger partial charge in [-0.2, -0.15) is 0 Å². The molecule has 0 amide bonds. The molecule has 1 aromatic rings. The molecule has 1 heterocycles. The van der Waals surface area contributed by atoms with Gasteiger partial charge in [-0.25, -0.2) is 0 Å². The Morgan fingerprint density at radius 2 is 0.657 bits per heavy atom. The third-order valence-corrected chi connectivity index (χ3v) is 4.54. The highest BCUT2D eigenvalue weighted by Gasteiger charge is 2.06. The molecule has 0 aliphatic carbocycles. The fraction of sp³-hybridized carbons (Fsp3) is 0.750. The Bertz CT molecular complexity index is 622. The van der Waals surface area contributed by atoms with E-state index >= 15 is 0 Å². The van der Waals surface area contributed by atoms with Crippen LogP contribution in [0.1, 0.15) is 0 Å². The van der Waals surface area contributed by atoms with E-state index in [2.05, 4.69) is 0 Å². The van der Waals surface area contributed by atoms with Gasteiger partial charge in [0.1, 0.15) is 13.2 Å². The zero-order valence-electron chi connectivity index (χ0n) is 20.6. The van der Waals surface area contributed by atoms with Gasteiger partial charge in [0.2, 0.25) is 0 Å². The van der Waals surface area contributed by atoms with E-state index in [0.29, 0.717) is 136 Å². The van der Waals surface area contributed by atoms with E-state index in [-0.39, 0.29) is 0 Å². The third kappa shape index (κ3) is 16.6. The van der Waals surface area contributed by atoms with Crippen LogP contribution in [0.5, 0.6) is 11.5 Å². The van der Waals surface area contributed by atoms with Crippen molar-refractivity contribution < 1.29 is 47.4 Å². The van der Waals surface area contributed by atoms with Gasteiger partial charge in [-0.05, 0) is 12.1 Å². The van der Waals surface area contributed by atoms with Gasteiger partial charge >= 0.3 is 0 Å². The minimum absolute atomic E-state index is 0.367. The Morgan fingerprint density at radius 1 is 0.371 bits per heavy atom. The topological polar surface area (TPSA) is 118 Å². The summed E-state index contributed by atoms with van der Waals surface area (Å²) >= 11 is 0. The summed E-state index contributed by atoms with van der Waals surface area (Å²) in [5, 5.41) is 0. The first-order chi connectivity index (χ1) is 17.4. The Hall–Kier alpha value is -1.70. The molecule has 2 N–H and O–H groups in total. The summed E-state index contributed by atoms with van der Waals surface area (Å²) in [5.41, 5.74) is 6.48. The normalized spacial score (nSPS) is 21.0. The van der Waals surface area contributed by atoms with E-state index < -0.39 is 0 Å². The first-order valence-corrected chi connectivity index (χ1v) is 12.1. The van der Waals surface area contributed by atoms with Crippen LogP contribution in [0.15, 0.2) is 18.2 Å². The molecule has 11 nitrogen and oxygen atoms in total. The SMILES string of the molecule is Nc1ccc2c(c1)OCCOCCOCCOCCOCCOCCOCCOCCOCCO2. The minimum Gasteiger partial charge on any atom is -0.487 e. The third-order valence-electron chi connectivity index (χ3n) is 4.54. The molecule has 0 aromatic heterocycles. The molecule has 35 heavy (non-hydrogen) atoms. The molecule has 0 atom stereocenters. The lowest BCUT2D eigenvalue weighted by molar-refractivity contribution is -0.0244. The number of nitrogen functional groups attached to an aromatic ring is 1. The van der Waals surface area contributed by atoms with Gasteiger partial charge in [-0.15, -0.1) is 0 Å². The van der Waals surface area contributed by atoms with Gasteiger partial charge in [0.25, 0.3) is 0 Å². The lowest BCUT2D eigenvalue weighted by atomic mass is 10.3. The van der Waals surface area contributed by atoms with Gasteiger partial charge in [-0.3, -0.25) is 0 Å². The molecule has 0 fully saturated rings. The first-order valence-electron chi connectivity index (χ1n) is 12.1. The van der Waals surface area contributed by atoms with E-state index in [1.165, 1.54) is 0 Å². The van der Waals surface area contributed by atoms with Crippen molar-refractivity contribution in [3.05, 3.63) is 18.2 Å². The van der Waals surface area contributed by atoms with Crippen LogP contribution >= 0.6 is 0 Å². The van der Waals surface area contributed by atoms with E-state index in [4.69, 9.17) is 53.1 Å². The number of anilines is 1. The molecule has 0 saturated carbocycles. The molecule has 0 spiro atoms. The van der Waals surface area contributed by atoms with E-state index in [9.17, 15) is 0 Å². The van der Waals surface area contributed by atoms with Gasteiger partial charge < -0.3 is 53.1 Å². The second-order valence-electron chi connectivity index (χ2n) is 7.30. The Balaban J connectivity index is 1.65. The van der Waals surface area contributed by atoms with Crippen LogP contribution < -0.4 is 15.2 Å². The van der Waals surface area contributed by atoms with Gasteiger partial charge in [-0.1, -0.05) is 0 Å². The summed E-state index contributed by atoms with van der Waals surface area (Å²) < 4.78 is 55.4. The maximum atomic E-state index is 5.88. The maximum absolute atomic E-state index is 5.88. The second kappa shape index (κ2) is 21.6. The maximum Gasteiger partial charge on any atom is 0.163 e. The average Bonchev–Trinajstić information content (AvgIpc) is 2.86. The average molecular weight is 504 g/mol. The van der Waals surface area contributed by atoms with Gasteiger partial charge in [0, 0.05) is 11.8 Å². The molecule has 0 bridgehead atoms. The van der Waals surface area contributed by atoms with Crippen molar-refractivity contribution in [3.8, 4) is 11.5 Å². The van der Waals surface area contributed by atoms with Crippen molar-refractivity contribution in [1.29, 1.82) is 0 Å². The van der Waals surface area contributed by atoms with Crippen molar-refractivity contribution in [2.45, 2.75) is 0 Å². The zero-order chi connectivity index (χ0) is 24.7. The Labute approximate surface area is 207 Å². The summed E-state index contributed by atoms with van der Waals surface area (Å²) in [5.74, 6) is 1.17. The number of benzene rings is 1. The van der Waals surface area contributed by atoms with Crippen LogP contribution in [0.4, 0.5) is 5.69 Å². The molecule has 11 heteroatoms.